The molecule has 120 valence electrons. The number of anilines is 2. The number of nitrogen functional groups attached to an aromatic ring is 1. The number of nitrogens with zero attached hydrogens (tertiary/aromatic N) is 1. The summed E-state index contributed by atoms with van der Waals surface area (Å²) < 4.78 is 0. The van der Waals surface area contributed by atoms with Gasteiger partial charge in [0.2, 0.25) is 0 Å². The monoisotopic (exact) mass is 329 g/mol. The molecule has 6 heteroatoms. The van der Waals surface area contributed by atoms with Gasteiger partial charge in [-0.25, -0.2) is 0 Å². The molecule has 4 N–H and O–H groups in total. The maximum Gasteiger partial charge on any atom is 0.251 e. The van der Waals surface area contributed by atoms with Gasteiger partial charge in [-0.2, -0.15) is 0 Å². The highest BCUT2D eigenvalue weighted by Gasteiger charge is 2.32. The van der Waals surface area contributed by atoms with Crippen molar-refractivity contribution in [3.63, 3.8) is 0 Å². The molecule has 1 aliphatic carbocycles. The van der Waals surface area contributed by atoms with Crippen LogP contribution in [-0.2, 0) is 6.42 Å². The lowest BCUT2D eigenvalue weighted by Gasteiger charge is -2.23. The molecule has 5 nitrogen and oxygen atoms in total. The Bertz CT molecular complexity index is 778. The molecule has 0 radical (unpaired) electrons. The number of amides is 1. The summed E-state index contributed by atoms with van der Waals surface area (Å²) in [5.74, 6) is -0.466. The van der Waals surface area contributed by atoms with Crippen molar-refractivity contribution in [2.45, 2.75) is 18.8 Å². The number of hydrogen-bond donors (Lipinski definition) is 2. The lowest BCUT2D eigenvalue weighted by molar-refractivity contribution is 0.0968. The Labute approximate surface area is 138 Å². The molecule has 0 bridgehead atoms. The van der Waals surface area contributed by atoms with E-state index in [4.69, 9.17) is 11.5 Å². The normalized spacial score (nSPS) is 17.0. The summed E-state index contributed by atoms with van der Waals surface area (Å²) in [4.78, 5) is 26.7. The van der Waals surface area contributed by atoms with Crippen LogP contribution < -0.4 is 16.4 Å². The average molecular weight is 329 g/mol. The fourth-order valence-electron chi connectivity index (χ4n) is 3.09. The quantitative estimate of drug-likeness (QED) is 0.905. The number of fused-ring (bicyclic) bond motifs is 1. The number of carbonyl (C=O) groups is 2. The number of ketones is 1. The SMILES string of the molecule is CN(C)c1ccc(C2CC(=O)c3sc(N)c(C(N)=O)c3C2)cc1. The van der Waals surface area contributed by atoms with Gasteiger partial charge in [0.15, 0.2) is 5.78 Å². The lowest BCUT2D eigenvalue weighted by atomic mass is 9.81. The molecule has 23 heavy (non-hydrogen) atoms. The Hall–Kier alpha value is -2.34. The van der Waals surface area contributed by atoms with E-state index in [1.807, 2.05) is 43.3 Å². The van der Waals surface area contributed by atoms with Crippen LogP contribution in [-0.4, -0.2) is 25.8 Å². The average Bonchev–Trinajstić information content (AvgIpc) is 2.84. The second kappa shape index (κ2) is 5.70. The number of thiophene rings is 1. The molecule has 0 saturated carbocycles. The third kappa shape index (κ3) is 2.70. The van der Waals surface area contributed by atoms with Crippen molar-refractivity contribution in [2.75, 3.05) is 24.7 Å². The van der Waals surface area contributed by atoms with Gasteiger partial charge in [0.1, 0.15) is 0 Å². The van der Waals surface area contributed by atoms with E-state index in [2.05, 4.69) is 0 Å². The predicted octanol–water partition coefficient (Wildman–Crippen LogP) is 2.41. The van der Waals surface area contributed by atoms with Crippen LogP contribution in [0.1, 0.15) is 43.5 Å². The van der Waals surface area contributed by atoms with E-state index in [0.717, 1.165) is 16.8 Å². The molecular weight excluding hydrogens is 310 g/mol. The molecular formula is C17H19N3O2S. The largest absolute Gasteiger partial charge is 0.390 e. The summed E-state index contributed by atoms with van der Waals surface area (Å²) in [7, 11) is 3.97. The molecule has 0 fully saturated rings. The third-order valence-electron chi connectivity index (χ3n) is 4.30. The number of nitrogens with two attached hydrogens (primary N) is 2. The zero-order chi connectivity index (χ0) is 16.7. The number of carbonyl (C=O) groups excluding carboxylic acids is 2. The lowest BCUT2D eigenvalue weighted by Crippen LogP contribution is -2.21. The van der Waals surface area contributed by atoms with Gasteiger partial charge < -0.3 is 16.4 Å². The topological polar surface area (TPSA) is 89.4 Å². The van der Waals surface area contributed by atoms with Crippen LogP contribution in [0.15, 0.2) is 24.3 Å². The van der Waals surface area contributed by atoms with Crippen LogP contribution >= 0.6 is 11.3 Å². The summed E-state index contributed by atoms with van der Waals surface area (Å²) >= 11 is 1.18. The van der Waals surface area contributed by atoms with Gasteiger partial charge in [-0.1, -0.05) is 12.1 Å². The minimum Gasteiger partial charge on any atom is -0.390 e. The number of benzene rings is 1. The molecule has 1 unspecified atom stereocenters. The molecule has 1 aromatic carbocycles. The van der Waals surface area contributed by atoms with E-state index >= 15 is 0 Å². The van der Waals surface area contributed by atoms with E-state index in [9.17, 15) is 9.59 Å². The van der Waals surface area contributed by atoms with Gasteiger partial charge in [0.05, 0.1) is 15.4 Å². The predicted molar refractivity (Wildman–Crippen MR) is 93.4 cm³/mol. The van der Waals surface area contributed by atoms with Crippen LogP contribution in [0.2, 0.25) is 0 Å². The van der Waals surface area contributed by atoms with Crippen LogP contribution in [0.25, 0.3) is 0 Å². The van der Waals surface area contributed by atoms with Gasteiger partial charge in [0.25, 0.3) is 5.91 Å². The van der Waals surface area contributed by atoms with Crippen LogP contribution in [0, 0.1) is 0 Å². The van der Waals surface area contributed by atoms with Gasteiger partial charge in [-0.3, -0.25) is 9.59 Å². The van der Waals surface area contributed by atoms with Gasteiger partial charge in [-0.05, 0) is 35.6 Å². The molecule has 1 aromatic heterocycles. The molecule has 0 spiro atoms. The van der Waals surface area contributed by atoms with Crippen molar-refractivity contribution in [3.8, 4) is 0 Å². The summed E-state index contributed by atoms with van der Waals surface area (Å²) in [6.45, 7) is 0. The highest BCUT2D eigenvalue weighted by Crippen LogP contribution is 2.41. The smallest absolute Gasteiger partial charge is 0.251 e. The third-order valence-corrected chi connectivity index (χ3v) is 5.40. The van der Waals surface area contributed by atoms with Gasteiger partial charge in [0, 0.05) is 26.2 Å². The zero-order valence-electron chi connectivity index (χ0n) is 13.1. The maximum absolute atomic E-state index is 12.4. The Morgan fingerprint density at radius 2 is 1.87 bits per heavy atom. The van der Waals surface area contributed by atoms with Crippen LogP contribution in [0.3, 0.4) is 0 Å². The Morgan fingerprint density at radius 1 is 1.22 bits per heavy atom. The Morgan fingerprint density at radius 3 is 2.43 bits per heavy atom. The van der Waals surface area contributed by atoms with E-state index in [1.54, 1.807) is 0 Å². The molecule has 1 aliphatic rings. The first-order valence-electron chi connectivity index (χ1n) is 7.40. The first-order chi connectivity index (χ1) is 10.9. The maximum atomic E-state index is 12.4. The van der Waals surface area contributed by atoms with Crippen molar-refractivity contribution in [1.29, 1.82) is 0 Å². The number of hydrogen-bond acceptors (Lipinski definition) is 5. The van der Waals surface area contributed by atoms with Crippen molar-refractivity contribution in [2.24, 2.45) is 5.73 Å². The van der Waals surface area contributed by atoms with Crippen molar-refractivity contribution >= 4 is 33.7 Å². The molecule has 1 amide bonds. The zero-order valence-corrected chi connectivity index (χ0v) is 13.9. The van der Waals surface area contributed by atoms with Crippen molar-refractivity contribution < 1.29 is 9.59 Å². The molecule has 0 saturated heterocycles. The number of Topliss-reactive ketones (excluding diaryl/α,β-unsaturated/α-hetero) is 1. The van der Waals surface area contributed by atoms with Crippen LogP contribution in [0.4, 0.5) is 10.7 Å². The summed E-state index contributed by atoms with van der Waals surface area (Å²) in [6.07, 6.45) is 1.06. The fraction of sp³-hybridized carbons (Fsp3) is 0.294. The van der Waals surface area contributed by atoms with E-state index in [-0.39, 0.29) is 11.7 Å². The summed E-state index contributed by atoms with van der Waals surface area (Å²) in [5, 5.41) is 0.347. The minimum absolute atomic E-state index is 0.0390. The molecule has 1 atom stereocenters. The molecule has 1 heterocycles. The Balaban J connectivity index is 1.96. The van der Waals surface area contributed by atoms with Crippen LogP contribution in [0.5, 0.6) is 0 Å². The molecule has 0 aliphatic heterocycles. The fourth-order valence-corrected chi connectivity index (χ4v) is 4.14. The summed E-state index contributed by atoms with van der Waals surface area (Å²) in [5.41, 5.74) is 14.6. The van der Waals surface area contributed by atoms with Crippen molar-refractivity contribution in [1.82, 2.24) is 0 Å². The highest BCUT2D eigenvalue weighted by molar-refractivity contribution is 7.18. The van der Waals surface area contributed by atoms with Gasteiger partial charge >= 0.3 is 0 Å². The highest BCUT2D eigenvalue weighted by atomic mass is 32.1. The standard InChI is InChI=1S/C17H19N3O2S/c1-20(2)11-5-3-9(4-6-11)10-7-12-14(16(18)22)17(19)23-15(12)13(21)8-10/h3-6,10H,7-8,19H2,1-2H3,(H2,18,22). The number of primary amides is 1. The first-order valence-corrected chi connectivity index (χ1v) is 8.21. The molecule has 2 aromatic rings. The van der Waals surface area contributed by atoms with E-state index < -0.39 is 5.91 Å². The second-order valence-electron chi connectivity index (χ2n) is 6.03. The Kier molecular flexibility index (Phi) is 3.85. The summed E-state index contributed by atoms with van der Waals surface area (Å²) in [6, 6.07) is 8.15. The minimum atomic E-state index is -0.559. The van der Waals surface area contributed by atoms with Gasteiger partial charge in [-0.15, -0.1) is 11.3 Å². The second-order valence-corrected chi connectivity index (χ2v) is 7.08. The number of rotatable bonds is 3. The van der Waals surface area contributed by atoms with Crippen molar-refractivity contribution in [3.05, 3.63) is 45.8 Å². The van der Waals surface area contributed by atoms with E-state index in [1.165, 1.54) is 11.3 Å². The first kappa shape index (κ1) is 15.6. The molecule has 3 rings (SSSR count). The van der Waals surface area contributed by atoms with E-state index in [0.29, 0.717) is 28.3 Å².